The molecule has 2 N–H and O–H groups in total. The summed E-state index contributed by atoms with van der Waals surface area (Å²) in [4.78, 5) is 56.0. The van der Waals surface area contributed by atoms with E-state index in [0.29, 0.717) is 16.9 Å². The van der Waals surface area contributed by atoms with Crippen molar-refractivity contribution in [3.8, 4) is 5.69 Å². The molecule has 1 fully saturated rings. The molecule has 3 aromatic rings. The first-order valence-electron chi connectivity index (χ1n) is 14.0. The van der Waals surface area contributed by atoms with Crippen LogP contribution in [-0.4, -0.2) is 45.2 Å². The van der Waals surface area contributed by atoms with Crippen molar-refractivity contribution in [2.24, 2.45) is 7.05 Å². The fourth-order valence-electron chi connectivity index (χ4n) is 5.39. The van der Waals surface area contributed by atoms with Gasteiger partial charge in [-0.2, -0.15) is 0 Å². The van der Waals surface area contributed by atoms with E-state index < -0.39 is 22.9 Å². The maximum Gasteiger partial charge on any atom is 0.295 e. The number of hydrogen-bond acceptors (Lipinski definition) is 4. The predicted molar refractivity (Wildman–Crippen MR) is 156 cm³/mol. The van der Waals surface area contributed by atoms with Gasteiger partial charge in [0.05, 0.1) is 17.9 Å². The zero-order valence-corrected chi connectivity index (χ0v) is 23.8. The Morgan fingerprint density at radius 1 is 0.975 bits per heavy atom. The van der Waals surface area contributed by atoms with Gasteiger partial charge in [0.2, 0.25) is 11.8 Å². The van der Waals surface area contributed by atoms with Gasteiger partial charge in [0.25, 0.3) is 11.5 Å². The predicted octanol–water partition coefficient (Wildman–Crippen LogP) is 3.87. The topological polar surface area (TPSA) is 105 Å². The van der Waals surface area contributed by atoms with Crippen LogP contribution in [0.25, 0.3) is 5.69 Å². The van der Waals surface area contributed by atoms with Gasteiger partial charge in [-0.15, -0.1) is 0 Å². The second-order valence-corrected chi connectivity index (χ2v) is 10.6. The van der Waals surface area contributed by atoms with Crippen molar-refractivity contribution in [1.82, 2.24) is 20.0 Å². The Kier molecular flexibility index (Phi) is 8.92. The summed E-state index contributed by atoms with van der Waals surface area (Å²) in [5, 5.41) is 5.84. The average molecular weight is 546 g/mol. The molecule has 9 heteroatoms. The van der Waals surface area contributed by atoms with Gasteiger partial charge in [-0.25, -0.2) is 4.68 Å². The third kappa shape index (κ3) is 5.73. The highest BCUT2D eigenvalue weighted by Crippen LogP contribution is 2.30. The van der Waals surface area contributed by atoms with Gasteiger partial charge in [0.15, 0.2) is 0 Å². The number of benzene rings is 2. The summed E-state index contributed by atoms with van der Waals surface area (Å²) in [5.74, 6) is -1.26. The second-order valence-electron chi connectivity index (χ2n) is 10.6. The van der Waals surface area contributed by atoms with E-state index in [4.69, 9.17) is 0 Å². The van der Waals surface area contributed by atoms with E-state index in [1.165, 1.54) is 9.58 Å². The number of anilines is 1. The first kappa shape index (κ1) is 28.9. The summed E-state index contributed by atoms with van der Waals surface area (Å²) >= 11 is 0. The van der Waals surface area contributed by atoms with E-state index >= 15 is 0 Å². The van der Waals surface area contributed by atoms with Crippen molar-refractivity contribution in [2.75, 3.05) is 11.4 Å². The molecule has 0 radical (unpaired) electrons. The standard InChI is InChI=1S/C31H39N5O4/c1-5-31(3,30(40)33-24-17-11-7-12-18-24)35(26(37)21-32-28(38)23-15-9-6-10-16-23)27-22(2)34(4)36(29(27)39)25-19-13-8-14-20-25/h6,8-10,13-16,19-20,24H,5,7,11-12,17-18,21H2,1-4H3,(H,32,38)(H,33,40)/t31-/m0/s1. The molecule has 40 heavy (non-hydrogen) atoms. The van der Waals surface area contributed by atoms with E-state index in [9.17, 15) is 19.2 Å². The molecule has 0 spiro atoms. The molecule has 1 saturated carbocycles. The van der Waals surface area contributed by atoms with Gasteiger partial charge in [-0.05, 0) is 57.4 Å². The van der Waals surface area contributed by atoms with Crippen LogP contribution in [0.3, 0.4) is 0 Å². The quantitative estimate of drug-likeness (QED) is 0.426. The summed E-state index contributed by atoms with van der Waals surface area (Å²) in [6.45, 7) is 4.91. The Morgan fingerprint density at radius 3 is 2.17 bits per heavy atom. The number of amides is 3. The average Bonchev–Trinajstić information content (AvgIpc) is 3.20. The Hall–Kier alpha value is -4.14. The number of carbonyl (C=O) groups excluding carboxylic acids is 3. The molecule has 0 unspecified atom stereocenters. The lowest BCUT2D eigenvalue weighted by Crippen LogP contribution is -2.63. The first-order valence-corrected chi connectivity index (χ1v) is 14.0. The first-order chi connectivity index (χ1) is 19.2. The molecule has 3 amide bonds. The summed E-state index contributed by atoms with van der Waals surface area (Å²) in [7, 11) is 1.75. The van der Waals surface area contributed by atoms with Crippen LogP contribution in [-0.2, 0) is 16.6 Å². The summed E-state index contributed by atoms with van der Waals surface area (Å²) in [6.07, 6.45) is 5.27. The van der Waals surface area contributed by atoms with Gasteiger partial charge in [-0.1, -0.05) is 62.6 Å². The van der Waals surface area contributed by atoms with Crippen LogP contribution in [0.4, 0.5) is 5.69 Å². The maximum atomic E-state index is 14.0. The zero-order chi connectivity index (χ0) is 28.9. The molecule has 4 rings (SSSR count). The monoisotopic (exact) mass is 545 g/mol. The summed E-state index contributed by atoms with van der Waals surface area (Å²) in [6, 6.07) is 17.8. The molecule has 0 bridgehead atoms. The van der Waals surface area contributed by atoms with Crippen molar-refractivity contribution in [2.45, 2.75) is 70.9 Å². The molecule has 0 saturated heterocycles. The number of nitrogens with one attached hydrogen (secondary N) is 2. The normalized spacial score (nSPS) is 15.2. The Bertz CT molecular complexity index is 1410. The molecular weight excluding hydrogens is 506 g/mol. The van der Waals surface area contributed by atoms with E-state index in [1.807, 2.05) is 37.3 Å². The molecule has 0 aliphatic heterocycles. The lowest BCUT2D eigenvalue weighted by Gasteiger charge is -2.40. The van der Waals surface area contributed by atoms with Crippen LogP contribution in [0, 0.1) is 6.92 Å². The minimum absolute atomic E-state index is 0.0275. The van der Waals surface area contributed by atoms with E-state index in [2.05, 4.69) is 10.6 Å². The molecule has 1 aliphatic carbocycles. The van der Waals surface area contributed by atoms with Crippen molar-refractivity contribution in [3.63, 3.8) is 0 Å². The molecule has 2 aromatic carbocycles. The molecule has 212 valence electrons. The van der Waals surface area contributed by atoms with Gasteiger partial charge in [0.1, 0.15) is 11.2 Å². The SMILES string of the molecule is CC[C@@](C)(C(=O)NC1CCCCC1)N(C(=O)CNC(=O)c1ccccc1)c1c(C)n(C)n(-c2ccccc2)c1=O. The summed E-state index contributed by atoms with van der Waals surface area (Å²) < 4.78 is 3.17. The van der Waals surface area contributed by atoms with Crippen LogP contribution < -0.4 is 21.1 Å². The number of aromatic nitrogens is 2. The third-order valence-corrected chi connectivity index (χ3v) is 8.04. The lowest BCUT2D eigenvalue weighted by atomic mass is 9.90. The van der Waals surface area contributed by atoms with Crippen LogP contribution in [0.2, 0.25) is 0 Å². The van der Waals surface area contributed by atoms with Gasteiger partial charge in [-0.3, -0.25) is 28.8 Å². The van der Waals surface area contributed by atoms with Crippen LogP contribution in [0.5, 0.6) is 0 Å². The number of hydrogen-bond donors (Lipinski definition) is 2. The summed E-state index contributed by atoms with van der Waals surface area (Å²) in [5.41, 5.74) is -0.0862. The third-order valence-electron chi connectivity index (χ3n) is 8.04. The van der Waals surface area contributed by atoms with Crippen molar-refractivity contribution in [1.29, 1.82) is 0 Å². The number of carbonyl (C=O) groups is 3. The Labute approximate surface area is 235 Å². The number of para-hydroxylation sites is 1. The van der Waals surface area contributed by atoms with Gasteiger partial charge < -0.3 is 10.6 Å². The van der Waals surface area contributed by atoms with Gasteiger partial charge in [0, 0.05) is 18.7 Å². The van der Waals surface area contributed by atoms with Crippen LogP contribution in [0.15, 0.2) is 65.5 Å². The number of rotatable bonds is 9. The van der Waals surface area contributed by atoms with E-state index in [-0.39, 0.29) is 30.6 Å². The van der Waals surface area contributed by atoms with Crippen molar-refractivity contribution >= 4 is 23.4 Å². The highest BCUT2D eigenvalue weighted by Gasteiger charge is 2.45. The minimum atomic E-state index is -1.37. The Morgan fingerprint density at radius 2 is 1.57 bits per heavy atom. The lowest BCUT2D eigenvalue weighted by molar-refractivity contribution is -0.130. The van der Waals surface area contributed by atoms with Crippen molar-refractivity contribution < 1.29 is 14.4 Å². The Balaban J connectivity index is 1.76. The smallest absolute Gasteiger partial charge is 0.295 e. The number of nitrogens with zero attached hydrogens (tertiary/aromatic N) is 3. The molecule has 1 heterocycles. The molecule has 1 atom stereocenters. The fourth-order valence-corrected chi connectivity index (χ4v) is 5.39. The second kappa shape index (κ2) is 12.4. The van der Waals surface area contributed by atoms with E-state index in [1.54, 1.807) is 55.9 Å². The zero-order valence-electron chi connectivity index (χ0n) is 23.8. The highest BCUT2D eigenvalue weighted by molar-refractivity contribution is 6.06. The van der Waals surface area contributed by atoms with Crippen LogP contribution in [0.1, 0.15) is 68.4 Å². The molecule has 1 aliphatic rings. The largest absolute Gasteiger partial charge is 0.351 e. The highest BCUT2D eigenvalue weighted by atomic mass is 16.2. The molecule has 9 nitrogen and oxygen atoms in total. The van der Waals surface area contributed by atoms with Crippen molar-refractivity contribution in [3.05, 3.63) is 82.3 Å². The van der Waals surface area contributed by atoms with Crippen LogP contribution >= 0.6 is 0 Å². The minimum Gasteiger partial charge on any atom is -0.351 e. The fraction of sp³-hybridized carbons (Fsp3) is 0.419. The van der Waals surface area contributed by atoms with E-state index in [0.717, 1.165) is 32.1 Å². The molecule has 1 aromatic heterocycles. The van der Waals surface area contributed by atoms with Gasteiger partial charge >= 0.3 is 0 Å². The maximum absolute atomic E-state index is 14.0. The molecular formula is C31H39N5O4.